The zero-order chi connectivity index (χ0) is 20.9. The van der Waals surface area contributed by atoms with Crippen molar-refractivity contribution in [1.29, 1.82) is 5.26 Å². The van der Waals surface area contributed by atoms with Crippen molar-refractivity contribution in [2.24, 2.45) is 5.10 Å². The van der Waals surface area contributed by atoms with Crippen molar-refractivity contribution >= 4 is 34.3 Å². The fraction of sp³-hybridized carbons (Fsp3) is 0.227. The van der Waals surface area contributed by atoms with Crippen LogP contribution in [0.1, 0.15) is 34.7 Å². The summed E-state index contributed by atoms with van der Waals surface area (Å²) in [5.41, 5.74) is 1.38. The lowest BCUT2D eigenvalue weighted by Crippen LogP contribution is -2.31. The third-order valence-electron chi connectivity index (χ3n) is 4.57. The maximum absolute atomic E-state index is 13.0. The van der Waals surface area contributed by atoms with Gasteiger partial charge in [0, 0.05) is 17.4 Å². The highest BCUT2D eigenvalue weighted by molar-refractivity contribution is 7.12. The largest absolute Gasteiger partial charge is 0.490 e. The summed E-state index contributed by atoms with van der Waals surface area (Å²) in [6, 6.07) is 14.8. The molecule has 0 radical (unpaired) electrons. The highest BCUT2D eigenvalue weighted by Gasteiger charge is 2.34. The van der Waals surface area contributed by atoms with E-state index in [1.165, 1.54) is 5.01 Å². The van der Waals surface area contributed by atoms with E-state index in [4.69, 9.17) is 14.7 Å². The standard InChI is InChI=1S/C22H19N3O3S2/c1-2-27-19-11-15(13-23)7-8-18(19)28-14-22(26)25-17(21-6-4-10-30-21)12-16(24-25)20-5-3-9-29-20/h3-11,17H,2,12,14H2,1H3. The molecule has 0 saturated heterocycles. The number of benzene rings is 1. The Morgan fingerprint density at radius 3 is 2.73 bits per heavy atom. The summed E-state index contributed by atoms with van der Waals surface area (Å²) in [5, 5.41) is 19.3. The first-order valence-corrected chi connectivity index (χ1v) is 11.2. The molecule has 3 aromatic rings. The molecule has 1 amide bonds. The topological polar surface area (TPSA) is 74.9 Å². The number of nitrogens with zero attached hydrogens (tertiary/aromatic N) is 3. The molecule has 1 atom stereocenters. The minimum atomic E-state index is -0.230. The van der Waals surface area contributed by atoms with Crippen molar-refractivity contribution < 1.29 is 14.3 Å². The van der Waals surface area contributed by atoms with Crippen LogP contribution in [-0.2, 0) is 4.79 Å². The number of carbonyl (C=O) groups is 1. The van der Waals surface area contributed by atoms with Gasteiger partial charge in [-0.2, -0.15) is 10.4 Å². The van der Waals surface area contributed by atoms with Crippen LogP contribution in [0.2, 0.25) is 0 Å². The average molecular weight is 438 g/mol. The van der Waals surface area contributed by atoms with Crippen LogP contribution in [0.4, 0.5) is 0 Å². The summed E-state index contributed by atoms with van der Waals surface area (Å²) in [4.78, 5) is 15.2. The summed E-state index contributed by atoms with van der Waals surface area (Å²) >= 11 is 3.23. The van der Waals surface area contributed by atoms with Gasteiger partial charge in [0.25, 0.3) is 5.91 Å². The molecule has 1 unspecified atom stereocenters. The second kappa shape index (κ2) is 9.11. The van der Waals surface area contributed by atoms with Crippen LogP contribution in [0.15, 0.2) is 58.3 Å². The highest BCUT2D eigenvalue weighted by Crippen LogP contribution is 2.36. The second-order valence-corrected chi connectivity index (χ2v) is 8.42. The number of carbonyl (C=O) groups excluding carboxylic acids is 1. The quantitative estimate of drug-likeness (QED) is 0.530. The predicted octanol–water partition coefficient (Wildman–Crippen LogP) is 4.84. The fourth-order valence-corrected chi connectivity index (χ4v) is 4.74. The minimum Gasteiger partial charge on any atom is -0.490 e. The molecule has 0 bridgehead atoms. The van der Waals surface area contributed by atoms with Gasteiger partial charge in [0.15, 0.2) is 18.1 Å². The molecule has 1 aliphatic rings. The Labute approximate surface area is 182 Å². The number of hydrazone groups is 1. The Balaban J connectivity index is 1.53. The van der Waals surface area contributed by atoms with Gasteiger partial charge >= 0.3 is 0 Å². The first-order chi connectivity index (χ1) is 14.7. The van der Waals surface area contributed by atoms with E-state index in [1.807, 2.05) is 41.9 Å². The number of nitriles is 1. The molecule has 3 heterocycles. The Bertz CT molecular complexity index is 1090. The van der Waals surface area contributed by atoms with Gasteiger partial charge in [-0.1, -0.05) is 12.1 Å². The third kappa shape index (κ3) is 4.22. The van der Waals surface area contributed by atoms with Crippen LogP contribution in [0, 0.1) is 11.3 Å². The predicted molar refractivity (Wildman–Crippen MR) is 117 cm³/mol. The summed E-state index contributed by atoms with van der Waals surface area (Å²) in [6.45, 7) is 2.11. The van der Waals surface area contributed by atoms with Gasteiger partial charge in [-0.25, -0.2) is 5.01 Å². The summed E-state index contributed by atoms with van der Waals surface area (Å²) in [7, 11) is 0. The number of amides is 1. The van der Waals surface area contributed by atoms with Gasteiger partial charge in [-0.3, -0.25) is 4.79 Å². The lowest BCUT2D eigenvalue weighted by molar-refractivity contribution is -0.135. The van der Waals surface area contributed by atoms with Gasteiger partial charge in [0.2, 0.25) is 0 Å². The Morgan fingerprint density at radius 1 is 1.20 bits per heavy atom. The smallest absolute Gasteiger partial charge is 0.281 e. The molecule has 1 aliphatic heterocycles. The van der Waals surface area contributed by atoms with E-state index in [9.17, 15) is 4.79 Å². The van der Waals surface area contributed by atoms with Crippen molar-refractivity contribution in [3.63, 3.8) is 0 Å². The Kier molecular flexibility index (Phi) is 6.12. The number of thiophene rings is 2. The molecule has 30 heavy (non-hydrogen) atoms. The van der Waals surface area contributed by atoms with Gasteiger partial charge in [0.05, 0.1) is 34.9 Å². The van der Waals surface area contributed by atoms with Crippen molar-refractivity contribution in [2.45, 2.75) is 19.4 Å². The Morgan fingerprint density at radius 2 is 2.03 bits per heavy atom. The monoisotopic (exact) mass is 437 g/mol. The normalized spacial score (nSPS) is 15.5. The second-order valence-electron chi connectivity index (χ2n) is 6.49. The molecule has 0 N–H and O–H groups in total. The molecule has 4 rings (SSSR count). The molecule has 6 nitrogen and oxygen atoms in total. The fourth-order valence-electron chi connectivity index (χ4n) is 3.21. The molecule has 0 fully saturated rings. The summed E-state index contributed by atoms with van der Waals surface area (Å²) in [5.74, 6) is 0.647. The van der Waals surface area contributed by atoms with Crippen molar-refractivity contribution in [3.05, 3.63) is 68.5 Å². The molecule has 0 aliphatic carbocycles. The van der Waals surface area contributed by atoms with Gasteiger partial charge in [-0.05, 0) is 41.9 Å². The van der Waals surface area contributed by atoms with E-state index in [0.717, 1.165) is 15.5 Å². The lowest BCUT2D eigenvalue weighted by Gasteiger charge is -2.21. The molecular weight excluding hydrogens is 418 g/mol. The first-order valence-electron chi connectivity index (χ1n) is 9.46. The van der Waals surface area contributed by atoms with Gasteiger partial charge < -0.3 is 9.47 Å². The maximum Gasteiger partial charge on any atom is 0.281 e. The van der Waals surface area contributed by atoms with Gasteiger partial charge in [0.1, 0.15) is 0 Å². The number of hydrogen-bond acceptors (Lipinski definition) is 7. The van der Waals surface area contributed by atoms with Crippen molar-refractivity contribution in [2.75, 3.05) is 13.2 Å². The van der Waals surface area contributed by atoms with Crippen LogP contribution < -0.4 is 9.47 Å². The van der Waals surface area contributed by atoms with Crippen LogP contribution in [0.5, 0.6) is 11.5 Å². The molecular formula is C22H19N3O3S2. The van der Waals surface area contributed by atoms with E-state index in [0.29, 0.717) is 30.1 Å². The van der Waals surface area contributed by atoms with E-state index < -0.39 is 0 Å². The number of ether oxygens (including phenoxy) is 2. The highest BCUT2D eigenvalue weighted by atomic mass is 32.1. The Hall–Kier alpha value is -3.15. The average Bonchev–Trinajstić information content (AvgIpc) is 3.53. The van der Waals surface area contributed by atoms with Crippen molar-refractivity contribution in [1.82, 2.24) is 5.01 Å². The molecule has 8 heteroatoms. The number of rotatable bonds is 7. The molecule has 1 aromatic carbocycles. The molecule has 0 saturated carbocycles. The van der Waals surface area contributed by atoms with E-state index in [2.05, 4.69) is 11.2 Å². The minimum absolute atomic E-state index is 0.134. The van der Waals surface area contributed by atoms with Crippen molar-refractivity contribution in [3.8, 4) is 17.6 Å². The summed E-state index contributed by atoms with van der Waals surface area (Å²) in [6.07, 6.45) is 0.674. The van der Waals surface area contributed by atoms with Crippen LogP contribution in [-0.4, -0.2) is 29.8 Å². The van der Waals surface area contributed by atoms with E-state index >= 15 is 0 Å². The van der Waals surface area contributed by atoms with Crippen LogP contribution >= 0.6 is 22.7 Å². The molecule has 0 spiro atoms. The van der Waals surface area contributed by atoms with Gasteiger partial charge in [-0.15, -0.1) is 22.7 Å². The SMILES string of the molecule is CCOc1cc(C#N)ccc1OCC(=O)N1N=C(c2cccs2)CC1c1cccs1. The summed E-state index contributed by atoms with van der Waals surface area (Å²) < 4.78 is 11.3. The van der Waals surface area contributed by atoms with Crippen LogP contribution in [0.25, 0.3) is 0 Å². The lowest BCUT2D eigenvalue weighted by atomic mass is 10.1. The van der Waals surface area contributed by atoms with E-state index in [-0.39, 0.29) is 18.6 Å². The number of hydrogen-bond donors (Lipinski definition) is 0. The maximum atomic E-state index is 13.0. The first kappa shape index (κ1) is 20.1. The molecule has 152 valence electrons. The van der Waals surface area contributed by atoms with E-state index in [1.54, 1.807) is 40.9 Å². The third-order valence-corrected chi connectivity index (χ3v) is 6.46. The zero-order valence-electron chi connectivity index (χ0n) is 16.3. The van der Waals surface area contributed by atoms with Crippen LogP contribution in [0.3, 0.4) is 0 Å². The molecule has 2 aromatic heterocycles. The zero-order valence-corrected chi connectivity index (χ0v) is 17.9.